The van der Waals surface area contributed by atoms with Gasteiger partial charge in [0.05, 0.1) is 0 Å². The van der Waals surface area contributed by atoms with Crippen molar-refractivity contribution in [3.63, 3.8) is 0 Å². The molecule has 0 bridgehead atoms. The Kier molecular flexibility index (Phi) is 11.7. The van der Waals surface area contributed by atoms with Crippen molar-refractivity contribution >= 4 is 61.8 Å². The van der Waals surface area contributed by atoms with Crippen LogP contribution in [0.4, 0.5) is 0 Å². The summed E-state index contributed by atoms with van der Waals surface area (Å²) in [6.07, 6.45) is 11.9. The van der Waals surface area contributed by atoms with Crippen molar-refractivity contribution < 1.29 is 15.3 Å². The van der Waals surface area contributed by atoms with E-state index < -0.39 is 37.4 Å². The Balaban J connectivity index is 1.62. The van der Waals surface area contributed by atoms with Crippen LogP contribution in [0.3, 0.4) is 0 Å². The topological polar surface area (TPSA) is 0 Å². The number of hydrogen-bond acceptors (Lipinski definition) is 0. The molecule has 2 unspecified atom stereocenters. The van der Waals surface area contributed by atoms with Crippen molar-refractivity contribution in [3.8, 4) is 22.3 Å². The van der Waals surface area contributed by atoms with Gasteiger partial charge in [0.15, 0.2) is 0 Å². The Morgan fingerprint density at radius 1 is 0.538 bits per heavy atom. The second-order valence-electron chi connectivity index (χ2n) is 18.1. The monoisotopic (exact) mass is 947 g/mol. The van der Waals surface area contributed by atoms with E-state index in [-0.39, 0.29) is 7.35 Å². The van der Waals surface area contributed by atoms with Gasteiger partial charge in [0, 0.05) is 0 Å². The summed E-state index contributed by atoms with van der Waals surface area (Å²) < 4.78 is 0.262. The zero-order valence-electron chi connectivity index (χ0n) is 33.5. The molecule has 2 aliphatic rings. The molecule has 0 saturated carbocycles. The Labute approximate surface area is 327 Å². The predicted octanol–water partition coefficient (Wildman–Crippen LogP) is 14.0. The van der Waals surface area contributed by atoms with Crippen LogP contribution in [0.1, 0.15) is 82.0 Å². The number of fused-ring (bicyclic) bond motifs is 2. The van der Waals surface area contributed by atoms with Crippen molar-refractivity contribution in [1.29, 1.82) is 0 Å². The molecule has 275 valence electrons. The Morgan fingerprint density at radius 3 is 1.25 bits per heavy atom. The van der Waals surface area contributed by atoms with Crippen LogP contribution in [0.5, 0.6) is 0 Å². The van der Waals surface area contributed by atoms with E-state index in [2.05, 4.69) is 163 Å². The third-order valence-electron chi connectivity index (χ3n) is 12.2. The molecule has 6 heteroatoms. The van der Waals surface area contributed by atoms with Crippen LogP contribution in [-0.4, -0.2) is 22.1 Å². The molecule has 4 aromatic carbocycles. The maximum atomic E-state index is 8.93. The molecular formula is C46H61Cl2HfSi3. The maximum absolute atomic E-state index is 8.93. The molecule has 4 aromatic rings. The first kappa shape index (κ1) is 40.1. The van der Waals surface area contributed by atoms with Gasteiger partial charge in [0.1, 0.15) is 0 Å². The summed E-state index contributed by atoms with van der Waals surface area (Å²) in [4.78, 5) is 0. The summed E-state index contributed by atoms with van der Waals surface area (Å²) in [5.74, 6) is -1.66. The molecule has 0 heterocycles. The first-order valence-corrected chi connectivity index (χ1v) is 49.1. The van der Waals surface area contributed by atoms with E-state index in [1.807, 2.05) is 0 Å². The minimum absolute atomic E-state index is 0.131. The summed E-state index contributed by atoms with van der Waals surface area (Å²) in [6.45, 7) is 24.5. The van der Waals surface area contributed by atoms with E-state index in [1.54, 1.807) is 0 Å². The van der Waals surface area contributed by atoms with Crippen molar-refractivity contribution in [2.24, 2.45) is 0 Å². The van der Waals surface area contributed by atoms with E-state index in [0.717, 1.165) is 38.5 Å². The summed E-state index contributed by atoms with van der Waals surface area (Å²) in [7, 11) is 14.6. The number of halogens is 2. The standard InChI is InChI=1S/2C22H27Si.C2H7Si.2ClH.Hf/c2*1-5-6-10-17-15-18-11-9-13-19(21(18)16-17)20-12-7-8-14-22(20)23(2,3)4;1-3-2;;;/h2*7-9,11-16H,5-6,10H2,1-4H3;3H,1-2H3;2*1H;/q;;;;;+2/p-2. The molecule has 0 nitrogen and oxygen atoms in total. The van der Waals surface area contributed by atoms with Crippen LogP contribution in [0.15, 0.2) is 96.1 Å². The molecule has 0 aromatic heterocycles. The van der Waals surface area contributed by atoms with Crippen molar-refractivity contribution in [2.45, 2.75) is 112 Å². The van der Waals surface area contributed by atoms with E-state index in [4.69, 9.17) is 17.2 Å². The van der Waals surface area contributed by atoms with Crippen molar-refractivity contribution in [3.05, 3.63) is 118 Å². The van der Waals surface area contributed by atoms with Gasteiger partial charge in [-0.25, -0.2) is 0 Å². The van der Waals surface area contributed by atoms with Gasteiger partial charge in [0.25, 0.3) is 0 Å². The van der Waals surface area contributed by atoms with Gasteiger partial charge in [-0.1, -0.05) is 0 Å². The first-order valence-electron chi connectivity index (χ1n) is 20.0. The van der Waals surface area contributed by atoms with Gasteiger partial charge in [-0.15, -0.1) is 0 Å². The van der Waals surface area contributed by atoms with E-state index in [9.17, 15) is 0 Å². The fourth-order valence-electron chi connectivity index (χ4n) is 9.47. The zero-order chi connectivity index (χ0) is 37.7. The van der Waals surface area contributed by atoms with Gasteiger partial charge in [0.2, 0.25) is 0 Å². The number of benzene rings is 4. The van der Waals surface area contributed by atoms with Crippen molar-refractivity contribution in [1.82, 2.24) is 0 Å². The molecule has 0 spiro atoms. The van der Waals surface area contributed by atoms with Gasteiger partial charge in [-0.05, 0) is 0 Å². The fraction of sp³-hybridized carbons (Fsp3) is 0.391. The average Bonchev–Trinajstić information content (AvgIpc) is 3.68. The summed E-state index contributed by atoms with van der Waals surface area (Å²) >= 11 is -5.08. The van der Waals surface area contributed by atoms with Gasteiger partial charge < -0.3 is 0 Å². The van der Waals surface area contributed by atoms with Crippen molar-refractivity contribution in [2.75, 3.05) is 0 Å². The van der Waals surface area contributed by atoms with E-state index in [1.165, 1.54) is 66.0 Å². The molecule has 0 amide bonds. The third kappa shape index (κ3) is 7.05. The van der Waals surface area contributed by atoms with Gasteiger partial charge in [-0.3, -0.25) is 0 Å². The Hall–Kier alpha value is -1.54. The third-order valence-corrected chi connectivity index (χ3v) is 89.1. The van der Waals surface area contributed by atoms with E-state index in [0.29, 0.717) is 0 Å². The summed E-state index contributed by atoms with van der Waals surface area (Å²) in [6, 6.07) is 32.6. The zero-order valence-corrected chi connectivity index (χ0v) is 41.7. The number of allylic oxidation sites excluding steroid dienone is 2. The molecule has 0 radical (unpaired) electrons. The molecular weight excluding hydrogens is 886 g/mol. The number of unbranched alkanes of at least 4 members (excludes halogenated alkanes) is 2. The van der Waals surface area contributed by atoms with Crippen LogP contribution >= 0.6 is 17.2 Å². The summed E-state index contributed by atoms with van der Waals surface area (Å²) in [5, 5.41) is 3.05. The second kappa shape index (κ2) is 15.2. The first-order chi connectivity index (χ1) is 24.5. The molecule has 0 fully saturated rings. The van der Waals surface area contributed by atoms with Crippen LogP contribution in [0.25, 0.3) is 34.4 Å². The normalized spacial score (nSPS) is 18.1. The van der Waals surface area contributed by atoms with Gasteiger partial charge in [-0.2, -0.15) is 0 Å². The number of rotatable bonds is 13. The number of hydrogen-bond donors (Lipinski definition) is 0. The molecule has 0 aliphatic heterocycles. The minimum atomic E-state index is -5.08. The molecule has 6 rings (SSSR count). The SMILES string of the molecule is CCCCC1=Cc2c(-c3ccccc3[Si](C)(C)C)cccc2[CH]1[Hf]([Cl])([Cl])([CH]1C(CCCC)=Cc2c(-c3ccccc3[Si](C)(C)C)cccc21)[SiH](C)C. The van der Waals surface area contributed by atoms with Crippen LogP contribution in [0.2, 0.25) is 52.4 Å². The van der Waals surface area contributed by atoms with Gasteiger partial charge >= 0.3 is 330 Å². The molecule has 2 aliphatic carbocycles. The Bertz CT molecular complexity index is 1890. The van der Waals surface area contributed by atoms with Crippen LogP contribution < -0.4 is 10.4 Å². The fourth-order valence-corrected chi connectivity index (χ4v) is 57.3. The molecule has 0 saturated heterocycles. The van der Waals surface area contributed by atoms with Crippen LogP contribution in [-0.2, 0) is 15.3 Å². The van der Waals surface area contributed by atoms with E-state index >= 15 is 0 Å². The molecule has 2 atom stereocenters. The molecule has 52 heavy (non-hydrogen) atoms. The summed E-state index contributed by atoms with van der Waals surface area (Å²) in [5.41, 5.74) is 14.2. The average molecular weight is 948 g/mol. The molecule has 0 N–H and O–H groups in total. The quantitative estimate of drug-likeness (QED) is 0.117. The second-order valence-corrected chi connectivity index (χ2v) is 87.5. The van der Waals surface area contributed by atoms with Crippen LogP contribution in [0, 0.1) is 0 Å². The Morgan fingerprint density at radius 2 is 0.904 bits per heavy atom. The predicted molar refractivity (Wildman–Crippen MR) is 241 cm³/mol.